The van der Waals surface area contributed by atoms with Crippen molar-refractivity contribution in [1.29, 1.82) is 0 Å². The van der Waals surface area contributed by atoms with Crippen molar-refractivity contribution in [3.8, 4) is 5.75 Å². The average molecular weight is 237 g/mol. The Morgan fingerprint density at radius 1 is 1.29 bits per heavy atom. The first-order valence-electron chi connectivity index (χ1n) is 5.53. The van der Waals surface area contributed by atoms with Crippen molar-refractivity contribution >= 4 is 11.7 Å². The number of hydrogen-bond donors (Lipinski definition) is 1. The van der Waals surface area contributed by atoms with Crippen LogP contribution >= 0.6 is 0 Å². The summed E-state index contributed by atoms with van der Waals surface area (Å²) < 4.78 is 10.4. The first-order chi connectivity index (χ1) is 7.88. The number of aryl methyl sites for hydroxylation is 2. The number of carbonyl (C=O) groups excluding carboxylic acids is 1. The van der Waals surface area contributed by atoms with E-state index < -0.39 is 5.97 Å². The Labute approximate surface area is 102 Å². The summed E-state index contributed by atoms with van der Waals surface area (Å²) in [5.41, 5.74) is 8.37. The number of carbonyl (C=O) groups is 1. The predicted molar refractivity (Wildman–Crippen MR) is 67.4 cm³/mol. The minimum Gasteiger partial charge on any atom is -0.495 e. The maximum atomic E-state index is 12.0. The highest BCUT2D eigenvalue weighted by molar-refractivity contribution is 5.99. The Balaban J connectivity index is 3.34. The average Bonchev–Trinajstić information content (AvgIpc) is 2.21. The van der Waals surface area contributed by atoms with Gasteiger partial charge < -0.3 is 15.2 Å². The molecule has 0 aliphatic rings. The third-order valence-electron chi connectivity index (χ3n) is 2.46. The van der Waals surface area contributed by atoms with Crippen molar-refractivity contribution < 1.29 is 14.3 Å². The van der Waals surface area contributed by atoms with Gasteiger partial charge in [0.05, 0.1) is 18.9 Å². The lowest BCUT2D eigenvalue weighted by atomic mass is 10.0. The highest BCUT2D eigenvalue weighted by Crippen LogP contribution is 2.32. The molecule has 1 aromatic rings. The second-order valence-electron chi connectivity index (χ2n) is 4.29. The summed E-state index contributed by atoms with van der Waals surface area (Å²) in [7, 11) is 1.52. The molecule has 0 aliphatic heterocycles. The molecule has 1 aromatic carbocycles. The maximum absolute atomic E-state index is 12.0. The molecule has 0 saturated carbocycles. The minimum absolute atomic E-state index is 0.188. The Bertz CT molecular complexity index is 439. The van der Waals surface area contributed by atoms with Crippen molar-refractivity contribution in [2.24, 2.45) is 0 Å². The monoisotopic (exact) mass is 237 g/mol. The number of ether oxygens (including phenoxy) is 2. The molecule has 4 heteroatoms. The van der Waals surface area contributed by atoms with Crippen molar-refractivity contribution in [2.75, 3.05) is 12.8 Å². The van der Waals surface area contributed by atoms with Gasteiger partial charge >= 0.3 is 5.97 Å². The van der Waals surface area contributed by atoms with Gasteiger partial charge in [-0.25, -0.2) is 4.79 Å². The molecule has 0 fully saturated rings. The fourth-order valence-corrected chi connectivity index (χ4v) is 1.72. The topological polar surface area (TPSA) is 61.5 Å². The molecule has 0 aromatic heterocycles. The molecule has 0 bridgehead atoms. The zero-order chi connectivity index (χ0) is 13.2. The molecule has 0 saturated heterocycles. The molecule has 0 unspecified atom stereocenters. The molecule has 0 radical (unpaired) electrons. The van der Waals surface area contributed by atoms with E-state index in [4.69, 9.17) is 15.2 Å². The van der Waals surface area contributed by atoms with Crippen LogP contribution in [0, 0.1) is 13.8 Å². The molecule has 0 spiro atoms. The van der Waals surface area contributed by atoms with Crippen LogP contribution in [0.15, 0.2) is 6.07 Å². The third kappa shape index (κ3) is 2.70. The van der Waals surface area contributed by atoms with Crippen molar-refractivity contribution in [3.05, 3.63) is 22.8 Å². The van der Waals surface area contributed by atoms with E-state index in [2.05, 4.69) is 0 Å². The van der Waals surface area contributed by atoms with Gasteiger partial charge in [-0.15, -0.1) is 0 Å². The number of methoxy groups -OCH3 is 1. The Morgan fingerprint density at radius 3 is 2.35 bits per heavy atom. The second-order valence-corrected chi connectivity index (χ2v) is 4.29. The summed E-state index contributed by atoms with van der Waals surface area (Å²) in [6, 6.07) is 1.89. The predicted octanol–water partition coefficient (Wildman–Crippen LogP) is 2.46. The van der Waals surface area contributed by atoms with Crippen LogP contribution in [-0.4, -0.2) is 19.2 Å². The maximum Gasteiger partial charge on any atom is 0.344 e. The molecule has 0 heterocycles. The molecule has 0 amide bonds. The number of hydrogen-bond acceptors (Lipinski definition) is 4. The van der Waals surface area contributed by atoms with Crippen LogP contribution in [0.3, 0.4) is 0 Å². The lowest BCUT2D eigenvalue weighted by molar-refractivity contribution is 0.0375. The number of nitrogens with two attached hydrogens (primary N) is 1. The van der Waals surface area contributed by atoms with Gasteiger partial charge in [0.2, 0.25) is 0 Å². The molecule has 2 N–H and O–H groups in total. The van der Waals surface area contributed by atoms with Crippen LogP contribution in [0.4, 0.5) is 5.69 Å². The zero-order valence-corrected chi connectivity index (χ0v) is 11.0. The van der Waals surface area contributed by atoms with E-state index in [1.54, 1.807) is 13.8 Å². The molecular formula is C13H19NO3. The molecule has 4 nitrogen and oxygen atoms in total. The molecule has 94 valence electrons. The smallest absolute Gasteiger partial charge is 0.344 e. The number of nitrogen functional groups attached to an aromatic ring is 1. The van der Waals surface area contributed by atoms with Crippen LogP contribution in [0.2, 0.25) is 0 Å². The minimum atomic E-state index is -0.443. The van der Waals surface area contributed by atoms with Gasteiger partial charge in [-0.2, -0.15) is 0 Å². The number of rotatable bonds is 3. The lowest BCUT2D eigenvalue weighted by Gasteiger charge is -2.16. The van der Waals surface area contributed by atoms with Crippen molar-refractivity contribution in [3.63, 3.8) is 0 Å². The summed E-state index contributed by atoms with van der Waals surface area (Å²) in [5.74, 6) is 0.0416. The summed E-state index contributed by atoms with van der Waals surface area (Å²) in [5, 5.41) is 0. The van der Waals surface area contributed by atoms with Crippen LogP contribution in [0.25, 0.3) is 0 Å². The van der Waals surface area contributed by atoms with Crippen LogP contribution in [0.1, 0.15) is 35.3 Å². The number of benzene rings is 1. The van der Waals surface area contributed by atoms with Gasteiger partial charge in [0, 0.05) is 0 Å². The van der Waals surface area contributed by atoms with E-state index in [0.29, 0.717) is 17.0 Å². The van der Waals surface area contributed by atoms with Gasteiger partial charge in [0.15, 0.2) is 0 Å². The normalized spacial score (nSPS) is 10.5. The summed E-state index contributed by atoms with van der Waals surface area (Å²) >= 11 is 0. The van der Waals surface area contributed by atoms with Crippen molar-refractivity contribution in [1.82, 2.24) is 0 Å². The number of esters is 1. The Hall–Kier alpha value is -1.71. The summed E-state index contributed by atoms with van der Waals surface area (Å²) in [6.07, 6.45) is -0.188. The van der Waals surface area contributed by atoms with Crippen molar-refractivity contribution in [2.45, 2.75) is 33.8 Å². The quantitative estimate of drug-likeness (QED) is 0.648. The molecule has 0 aliphatic carbocycles. The Morgan fingerprint density at radius 2 is 1.88 bits per heavy atom. The van der Waals surface area contributed by atoms with E-state index >= 15 is 0 Å². The second kappa shape index (κ2) is 5.08. The standard InChI is InChI=1S/C13H19NO3/c1-7(2)17-13(15)10-11(14)8(3)6-9(4)12(10)16-5/h6-7H,14H2,1-5H3. The lowest BCUT2D eigenvalue weighted by Crippen LogP contribution is -2.16. The third-order valence-corrected chi connectivity index (χ3v) is 2.46. The van der Waals surface area contributed by atoms with Crippen LogP contribution in [-0.2, 0) is 4.74 Å². The first kappa shape index (κ1) is 13.4. The zero-order valence-electron chi connectivity index (χ0n) is 11.0. The van der Waals surface area contributed by atoms with E-state index in [-0.39, 0.29) is 6.10 Å². The first-order valence-corrected chi connectivity index (χ1v) is 5.53. The number of anilines is 1. The summed E-state index contributed by atoms with van der Waals surface area (Å²) in [4.78, 5) is 12.0. The van der Waals surface area contributed by atoms with E-state index in [1.807, 2.05) is 19.9 Å². The highest BCUT2D eigenvalue weighted by atomic mass is 16.5. The fourth-order valence-electron chi connectivity index (χ4n) is 1.72. The van der Waals surface area contributed by atoms with Gasteiger partial charge in [0.1, 0.15) is 11.3 Å². The molecule has 0 atom stereocenters. The van der Waals surface area contributed by atoms with Gasteiger partial charge in [-0.05, 0) is 38.8 Å². The van der Waals surface area contributed by atoms with E-state index in [1.165, 1.54) is 7.11 Å². The molecule has 17 heavy (non-hydrogen) atoms. The van der Waals surface area contributed by atoms with Crippen LogP contribution < -0.4 is 10.5 Å². The SMILES string of the molecule is COc1c(C)cc(C)c(N)c1C(=O)OC(C)C. The largest absolute Gasteiger partial charge is 0.495 e. The van der Waals surface area contributed by atoms with E-state index in [9.17, 15) is 4.79 Å². The van der Waals surface area contributed by atoms with E-state index in [0.717, 1.165) is 11.1 Å². The molecule has 1 rings (SSSR count). The van der Waals surface area contributed by atoms with Crippen LogP contribution in [0.5, 0.6) is 5.75 Å². The van der Waals surface area contributed by atoms with Gasteiger partial charge in [-0.1, -0.05) is 6.07 Å². The Kier molecular flexibility index (Phi) is 3.99. The van der Waals surface area contributed by atoms with Gasteiger partial charge in [0.25, 0.3) is 0 Å². The fraction of sp³-hybridized carbons (Fsp3) is 0.462. The highest BCUT2D eigenvalue weighted by Gasteiger charge is 2.21. The van der Waals surface area contributed by atoms with Gasteiger partial charge in [-0.3, -0.25) is 0 Å². The summed E-state index contributed by atoms with van der Waals surface area (Å²) in [6.45, 7) is 7.32. The molecular weight excluding hydrogens is 218 g/mol.